The highest BCUT2D eigenvalue weighted by atomic mass is 79.9. The lowest BCUT2D eigenvalue weighted by Gasteiger charge is -2.11. The van der Waals surface area contributed by atoms with Gasteiger partial charge in [-0.1, -0.05) is 22.9 Å². The van der Waals surface area contributed by atoms with Crippen molar-refractivity contribution in [3.05, 3.63) is 0 Å². The molecule has 1 aliphatic carbocycles. The predicted molar refractivity (Wildman–Crippen MR) is 37.1 cm³/mol. The van der Waals surface area contributed by atoms with Crippen LogP contribution in [0.25, 0.3) is 0 Å². The Morgan fingerprint density at radius 2 is 2.25 bits per heavy atom. The van der Waals surface area contributed by atoms with E-state index in [1.54, 1.807) is 0 Å². The summed E-state index contributed by atoms with van der Waals surface area (Å²) in [4.78, 5) is 0.551. The van der Waals surface area contributed by atoms with Crippen LogP contribution in [0.4, 0.5) is 0 Å². The summed E-state index contributed by atoms with van der Waals surface area (Å²) in [5.74, 6) is 0. The molecule has 1 N–H and O–H groups in total. The Labute approximate surface area is 58.2 Å². The van der Waals surface area contributed by atoms with Crippen LogP contribution in [-0.2, 0) is 0 Å². The van der Waals surface area contributed by atoms with Crippen LogP contribution >= 0.6 is 15.9 Å². The van der Waals surface area contributed by atoms with Crippen LogP contribution in [0.3, 0.4) is 0 Å². The average Bonchev–Trinajstić information content (AvgIpc) is 2.17. The van der Waals surface area contributed by atoms with Gasteiger partial charge in [0.15, 0.2) is 0 Å². The van der Waals surface area contributed by atoms with Crippen molar-refractivity contribution in [1.82, 2.24) is 0 Å². The Kier molecular flexibility index (Phi) is 1.40. The molecular weight excluding hydrogens is 168 g/mol. The summed E-state index contributed by atoms with van der Waals surface area (Å²) in [6, 6.07) is 0. The molecule has 0 spiro atoms. The van der Waals surface area contributed by atoms with Crippen LogP contribution in [0.15, 0.2) is 0 Å². The summed E-state index contributed by atoms with van der Waals surface area (Å²) in [5.41, 5.74) is 0.181. The maximum atomic E-state index is 9.09. The largest absolute Gasteiger partial charge is 0.393 e. The molecule has 1 aliphatic rings. The highest BCUT2D eigenvalue weighted by molar-refractivity contribution is 9.09. The van der Waals surface area contributed by atoms with Crippen molar-refractivity contribution >= 4 is 15.9 Å². The van der Waals surface area contributed by atoms with Gasteiger partial charge >= 0.3 is 0 Å². The lowest BCUT2D eigenvalue weighted by Crippen LogP contribution is -2.16. The zero-order chi connectivity index (χ0) is 6.36. The Hall–Kier alpha value is 0.440. The van der Waals surface area contributed by atoms with Gasteiger partial charge in [0, 0.05) is 10.2 Å². The quantitative estimate of drug-likeness (QED) is 0.605. The van der Waals surface area contributed by atoms with E-state index >= 15 is 0 Å². The molecule has 0 bridgehead atoms. The number of alkyl halides is 1. The van der Waals surface area contributed by atoms with E-state index in [1.807, 2.05) is 6.92 Å². The summed E-state index contributed by atoms with van der Waals surface area (Å²) in [5, 5.41) is 9.09. The van der Waals surface area contributed by atoms with E-state index in [2.05, 4.69) is 22.9 Å². The molecule has 1 saturated carbocycles. The molecule has 0 aromatic heterocycles. The second kappa shape index (κ2) is 1.71. The lowest BCUT2D eigenvalue weighted by atomic mass is 10.0. The van der Waals surface area contributed by atoms with Crippen molar-refractivity contribution in [1.29, 1.82) is 0 Å². The minimum absolute atomic E-state index is 0.160. The molecule has 0 radical (unpaired) electrons. The topological polar surface area (TPSA) is 20.2 Å². The number of aliphatic hydroxyl groups excluding tert-OH is 1. The van der Waals surface area contributed by atoms with E-state index < -0.39 is 0 Å². The molecule has 2 heteroatoms. The van der Waals surface area contributed by atoms with E-state index in [-0.39, 0.29) is 11.5 Å². The molecule has 0 aromatic carbocycles. The monoisotopic (exact) mass is 178 g/mol. The summed E-state index contributed by atoms with van der Waals surface area (Å²) < 4.78 is 0. The van der Waals surface area contributed by atoms with Gasteiger partial charge in [0.2, 0.25) is 0 Å². The van der Waals surface area contributed by atoms with Crippen LogP contribution in [-0.4, -0.2) is 16.0 Å². The van der Waals surface area contributed by atoms with Crippen molar-refractivity contribution in [2.75, 3.05) is 0 Å². The third-order valence-corrected chi connectivity index (χ3v) is 3.50. The highest BCUT2D eigenvalue weighted by Crippen LogP contribution is 2.53. The van der Waals surface area contributed by atoms with Crippen molar-refractivity contribution in [2.45, 2.75) is 31.2 Å². The molecule has 8 heavy (non-hydrogen) atoms. The Morgan fingerprint density at radius 3 is 2.25 bits per heavy atom. The number of aliphatic hydroxyl groups is 1. The first-order chi connectivity index (χ1) is 3.57. The zero-order valence-electron chi connectivity index (χ0n) is 5.19. The molecule has 0 saturated heterocycles. The minimum Gasteiger partial charge on any atom is -0.393 e. The van der Waals surface area contributed by atoms with Crippen molar-refractivity contribution in [3.63, 3.8) is 0 Å². The van der Waals surface area contributed by atoms with Crippen LogP contribution < -0.4 is 0 Å². The molecule has 0 aromatic rings. The van der Waals surface area contributed by atoms with E-state index in [9.17, 15) is 0 Å². The standard InChI is InChI=1S/C6H11BrO/c1-4(8)6(2)3-5(6)7/h4-5,8H,3H2,1-2H3/t4?,5-,6+/m1/s1. The maximum absolute atomic E-state index is 9.09. The molecule has 3 atom stereocenters. The molecule has 0 amide bonds. The van der Waals surface area contributed by atoms with Gasteiger partial charge in [-0.3, -0.25) is 0 Å². The molecule has 0 aliphatic heterocycles. The first-order valence-electron chi connectivity index (χ1n) is 2.89. The number of hydrogen-bond donors (Lipinski definition) is 1. The van der Waals surface area contributed by atoms with Gasteiger partial charge in [-0.15, -0.1) is 0 Å². The minimum atomic E-state index is -0.160. The van der Waals surface area contributed by atoms with Gasteiger partial charge in [-0.2, -0.15) is 0 Å². The fourth-order valence-electron chi connectivity index (χ4n) is 0.760. The first-order valence-corrected chi connectivity index (χ1v) is 3.81. The second-order valence-corrected chi connectivity index (χ2v) is 3.96. The highest BCUT2D eigenvalue weighted by Gasteiger charge is 2.51. The van der Waals surface area contributed by atoms with Gasteiger partial charge in [0.1, 0.15) is 0 Å². The van der Waals surface area contributed by atoms with E-state index in [0.717, 1.165) is 6.42 Å². The van der Waals surface area contributed by atoms with Gasteiger partial charge in [-0.05, 0) is 13.3 Å². The Balaban J connectivity index is 2.47. The Morgan fingerprint density at radius 1 is 1.88 bits per heavy atom. The number of halogens is 1. The second-order valence-electron chi connectivity index (χ2n) is 2.85. The third-order valence-electron chi connectivity index (χ3n) is 2.13. The van der Waals surface area contributed by atoms with E-state index in [4.69, 9.17) is 5.11 Å². The zero-order valence-corrected chi connectivity index (χ0v) is 6.77. The predicted octanol–water partition coefficient (Wildman–Crippen LogP) is 1.54. The van der Waals surface area contributed by atoms with E-state index in [0.29, 0.717) is 4.83 Å². The molecule has 1 nitrogen and oxygen atoms in total. The molecule has 1 unspecified atom stereocenters. The van der Waals surface area contributed by atoms with Gasteiger partial charge < -0.3 is 5.11 Å². The maximum Gasteiger partial charge on any atom is 0.0576 e. The van der Waals surface area contributed by atoms with Crippen molar-refractivity contribution in [2.24, 2.45) is 5.41 Å². The summed E-state index contributed by atoms with van der Waals surface area (Å²) in [7, 11) is 0. The van der Waals surface area contributed by atoms with Crippen LogP contribution in [0.5, 0.6) is 0 Å². The third kappa shape index (κ3) is 0.799. The summed E-state index contributed by atoms with van der Waals surface area (Å²) in [6.45, 7) is 3.94. The molecule has 1 rings (SSSR count). The number of rotatable bonds is 1. The first kappa shape index (κ1) is 6.56. The summed E-state index contributed by atoms with van der Waals surface area (Å²) in [6.07, 6.45) is 0.955. The lowest BCUT2D eigenvalue weighted by molar-refractivity contribution is 0.123. The molecule has 48 valence electrons. The normalized spacial score (nSPS) is 48.8. The molecule has 0 heterocycles. The van der Waals surface area contributed by atoms with Crippen LogP contribution in [0.1, 0.15) is 20.3 Å². The Bertz CT molecular complexity index is 103. The van der Waals surface area contributed by atoms with Gasteiger partial charge in [0.25, 0.3) is 0 Å². The van der Waals surface area contributed by atoms with Crippen LogP contribution in [0.2, 0.25) is 0 Å². The fourth-order valence-corrected chi connectivity index (χ4v) is 1.84. The van der Waals surface area contributed by atoms with Crippen molar-refractivity contribution < 1.29 is 5.11 Å². The molecular formula is C6H11BrO. The number of hydrogen-bond acceptors (Lipinski definition) is 1. The van der Waals surface area contributed by atoms with Crippen LogP contribution in [0, 0.1) is 5.41 Å². The average molecular weight is 179 g/mol. The van der Waals surface area contributed by atoms with Crippen molar-refractivity contribution in [3.8, 4) is 0 Å². The SMILES string of the molecule is CC(O)[C@]1(C)C[C@H]1Br. The fraction of sp³-hybridized carbons (Fsp3) is 1.00. The smallest absolute Gasteiger partial charge is 0.0576 e. The van der Waals surface area contributed by atoms with Gasteiger partial charge in [0.05, 0.1) is 6.10 Å². The van der Waals surface area contributed by atoms with Gasteiger partial charge in [-0.25, -0.2) is 0 Å². The summed E-state index contributed by atoms with van der Waals surface area (Å²) >= 11 is 3.45. The molecule has 1 fully saturated rings. The van der Waals surface area contributed by atoms with E-state index in [1.165, 1.54) is 0 Å².